The smallest absolute Gasteiger partial charge is 0.339 e. The Balaban J connectivity index is 1.97. The molecule has 28 heavy (non-hydrogen) atoms. The first-order valence-corrected chi connectivity index (χ1v) is 11.9. The van der Waals surface area contributed by atoms with E-state index >= 15 is 0 Å². The lowest BCUT2D eigenvalue weighted by atomic mass is 10.0. The maximum Gasteiger partial charge on any atom is 0.339 e. The van der Waals surface area contributed by atoms with Crippen LogP contribution >= 0.6 is 11.6 Å². The molecule has 0 radical (unpaired) electrons. The molecule has 3 rings (SSSR count). The minimum atomic E-state index is -4.23. The third-order valence-corrected chi connectivity index (χ3v) is 6.56. The Labute approximate surface area is 169 Å². The Bertz CT molecular complexity index is 1200. The van der Waals surface area contributed by atoms with Crippen LogP contribution in [-0.4, -0.2) is 23.1 Å². The van der Waals surface area contributed by atoms with E-state index in [1.807, 2.05) is 30.3 Å². The molecular weight excluding hydrogens is 420 g/mol. The van der Waals surface area contributed by atoms with Gasteiger partial charge in [0.05, 0.1) is 4.90 Å². The van der Waals surface area contributed by atoms with Crippen LogP contribution in [0.5, 0.6) is 5.75 Å². The first-order chi connectivity index (χ1) is 13.1. The molecule has 3 aromatic carbocycles. The van der Waals surface area contributed by atoms with Gasteiger partial charge in [0.1, 0.15) is 10.6 Å². The Kier molecular flexibility index (Phi) is 5.79. The van der Waals surface area contributed by atoms with E-state index < -0.39 is 20.0 Å². The largest absolute Gasteiger partial charge is 0.379 e. The molecule has 0 unspecified atom stereocenters. The number of sulfone groups is 1. The molecule has 0 aromatic heterocycles. The summed E-state index contributed by atoms with van der Waals surface area (Å²) in [6, 6.07) is 19.2. The summed E-state index contributed by atoms with van der Waals surface area (Å²) in [5.41, 5.74) is 1.56. The Morgan fingerprint density at radius 3 is 2.18 bits per heavy atom. The molecule has 0 heterocycles. The van der Waals surface area contributed by atoms with Crippen molar-refractivity contribution in [1.82, 2.24) is 0 Å². The molecule has 0 N–H and O–H groups in total. The molecule has 0 aliphatic rings. The minimum absolute atomic E-state index is 0.0993. The van der Waals surface area contributed by atoms with E-state index in [2.05, 4.69) is 0 Å². The average molecular weight is 437 g/mol. The maximum atomic E-state index is 12.7. The van der Waals surface area contributed by atoms with E-state index in [-0.39, 0.29) is 15.5 Å². The lowest BCUT2D eigenvalue weighted by Crippen LogP contribution is -2.12. The Morgan fingerprint density at radius 1 is 0.821 bits per heavy atom. The molecule has 0 aliphatic carbocycles. The number of benzene rings is 3. The van der Waals surface area contributed by atoms with Gasteiger partial charge in [0.15, 0.2) is 9.84 Å². The summed E-state index contributed by atoms with van der Waals surface area (Å²) in [5, 5.41) is 0.453. The van der Waals surface area contributed by atoms with Gasteiger partial charge < -0.3 is 4.18 Å². The summed E-state index contributed by atoms with van der Waals surface area (Å²) < 4.78 is 54.2. The van der Waals surface area contributed by atoms with Gasteiger partial charge in [0.2, 0.25) is 0 Å². The van der Waals surface area contributed by atoms with Crippen LogP contribution in [0, 0.1) is 0 Å². The SMILES string of the molecule is CS(=O)(=O)c1cccc(S(=O)(=O)Oc2ccc(Cl)cc2Cc2ccccc2)c1. The van der Waals surface area contributed by atoms with Crippen molar-refractivity contribution in [2.75, 3.05) is 6.26 Å². The van der Waals surface area contributed by atoms with Crippen molar-refractivity contribution in [2.45, 2.75) is 16.2 Å². The molecule has 146 valence electrons. The van der Waals surface area contributed by atoms with E-state index in [4.69, 9.17) is 15.8 Å². The second kappa shape index (κ2) is 7.95. The van der Waals surface area contributed by atoms with Crippen molar-refractivity contribution in [3.05, 3.63) is 88.9 Å². The highest BCUT2D eigenvalue weighted by atomic mass is 35.5. The summed E-state index contributed by atoms with van der Waals surface area (Å²) in [6.45, 7) is 0. The second-order valence-corrected chi connectivity index (χ2v) is 10.2. The van der Waals surface area contributed by atoms with E-state index in [1.165, 1.54) is 30.3 Å². The number of hydrogen-bond acceptors (Lipinski definition) is 5. The number of halogens is 1. The van der Waals surface area contributed by atoms with Gasteiger partial charge in [-0.2, -0.15) is 8.42 Å². The highest BCUT2D eigenvalue weighted by molar-refractivity contribution is 7.90. The van der Waals surface area contributed by atoms with Gasteiger partial charge >= 0.3 is 10.1 Å². The van der Waals surface area contributed by atoms with Gasteiger partial charge in [-0.3, -0.25) is 0 Å². The van der Waals surface area contributed by atoms with Crippen molar-refractivity contribution in [3.8, 4) is 5.75 Å². The molecule has 0 aliphatic heterocycles. The van der Waals surface area contributed by atoms with Gasteiger partial charge in [-0.05, 0) is 42.0 Å². The molecule has 0 fully saturated rings. The minimum Gasteiger partial charge on any atom is -0.379 e. The quantitative estimate of drug-likeness (QED) is 0.543. The van der Waals surface area contributed by atoms with Crippen LogP contribution < -0.4 is 4.18 Å². The van der Waals surface area contributed by atoms with E-state index in [1.54, 1.807) is 6.07 Å². The molecule has 0 amide bonds. The van der Waals surface area contributed by atoms with Gasteiger partial charge in [-0.1, -0.05) is 48.0 Å². The monoisotopic (exact) mass is 436 g/mol. The number of hydrogen-bond donors (Lipinski definition) is 0. The van der Waals surface area contributed by atoms with Crippen molar-refractivity contribution in [1.29, 1.82) is 0 Å². The van der Waals surface area contributed by atoms with E-state index in [0.717, 1.165) is 17.9 Å². The first-order valence-electron chi connectivity index (χ1n) is 8.22. The van der Waals surface area contributed by atoms with Gasteiger partial charge in [-0.15, -0.1) is 0 Å². The van der Waals surface area contributed by atoms with Gasteiger partial charge in [-0.25, -0.2) is 8.42 Å². The fraction of sp³-hybridized carbons (Fsp3) is 0.100. The standard InChI is InChI=1S/C20H17ClO5S2/c1-27(22,23)18-8-5-9-19(14-18)28(24,25)26-20-11-10-17(21)13-16(20)12-15-6-3-2-4-7-15/h2-11,13-14H,12H2,1H3. The molecule has 0 atom stereocenters. The molecule has 5 nitrogen and oxygen atoms in total. The molecule has 0 saturated carbocycles. The van der Waals surface area contributed by atoms with Crippen LogP contribution in [0.25, 0.3) is 0 Å². The summed E-state index contributed by atoms with van der Waals surface area (Å²) in [5.74, 6) is 0.137. The topological polar surface area (TPSA) is 77.5 Å². The summed E-state index contributed by atoms with van der Waals surface area (Å²) in [4.78, 5) is -0.339. The highest BCUT2D eigenvalue weighted by Gasteiger charge is 2.21. The van der Waals surface area contributed by atoms with Gasteiger partial charge in [0, 0.05) is 23.3 Å². The molecule has 8 heteroatoms. The van der Waals surface area contributed by atoms with Crippen molar-refractivity contribution in [2.24, 2.45) is 0 Å². The summed E-state index contributed by atoms with van der Waals surface area (Å²) in [7, 11) is -7.78. The van der Waals surface area contributed by atoms with Gasteiger partial charge in [0.25, 0.3) is 0 Å². The highest BCUT2D eigenvalue weighted by Crippen LogP contribution is 2.29. The molecule has 0 saturated heterocycles. The summed E-state index contributed by atoms with van der Waals surface area (Å²) in [6.07, 6.45) is 1.44. The predicted octanol–water partition coefficient (Wildman–Crippen LogP) is 4.10. The molecule has 0 spiro atoms. The first kappa shape index (κ1) is 20.4. The van der Waals surface area contributed by atoms with Crippen LogP contribution in [0.15, 0.2) is 82.6 Å². The third-order valence-electron chi connectivity index (χ3n) is 3.98. The molecular formula is C20H17ClO5S2. The maximum absolute atomic E-state index is 12.7. The zero-order valence-electron chi connectivity index (χ0n) is 14.9. The molecule has 3 aromatic rings. The second-order valence-electron chi connectivity index (χ2n) is 6.20. The lowest BCUT2D eigenvalue weighted by molar-refractivity contribution is 0.483. The van der Waals surface area contributed by atoms with Crippen LogP contribution in [0.4, 0.5) is 0 Å². The predicted molar refractivity (Wildman–Crippen MR) is 108 cm³/mol. The lowest BCUT2D eigenvalue weighted by Gasteiger charge is -2.13. The average Bonchev–Trinajstić information content (AvgIpc) is 2.64. The number of rotatable bonds is 6. The van der Waals surface area contributed by atoms with Crippen LogP contribution in [0.1, 0.15) is 11.1 Å². The fourth-order valence-corrected chi connectivity index (χ4v) is 4.56. The Morgan fingerprint density at radius 2 is 1.50 bits per heavy atom. The van der Waals surface area contributed by atoms with Crippen molar-refractivity contribution < 1.29 is 21.0 Å². The zero-order chi connectivity index (χ0) is 20.4. The van der Waals surface area contributed by atoms with Crippen LogP contribution in [-0.2, 0) is 26.4 Å². The van der Waals surface area contributed by atoms with Crippen LogP contribution in [0.3, 0.4) is 0 Å². The third kappa shape index (κ3) is 4.92. The van der Waals surface area contributed by atoms with Crippen molar-refractivity contribution >= 4 is 31.6 Å². The summed E-state index contributed by atoms with van der Waals surface area (Å²) >= 11 is 6.07. The fourth-order valence-electron chi connectivity index (χ4n) is 2.61. The van der Waals surface area contributed by atoms with E-state index in [0.29, 0.717) is 17.0 Å². The van der Waals surface area contributed by atoms with E-state index in [9.17, 15) is 16.8 Å². The van der Waals surface area contributed by atoms with Crippen LogP contribution in [0.2, 0.25) is 5.02 Å². The van der Waals surface area contributed by atoms with Crippen molar-refractivity contribution in [3.63, 3.8) is 0 Å². The normalized spacial score (nSPS) is 11.9. The Hall–Kier alpha value is -2.35. The molecule has 0 bridgehead atoms. The zero-order valence-corrected chi connectivity index (χ0v) is 17.3.